The highest BCUT2D eigenvalue weighted by Crippen LogP contribution is 2.29. The van der Waals surface area contributed by atoms with Crippen molar-refractivity contribution in [3.63, 3.8) is 0 Å². The van der Waals surface area contributed by atoms with E-state index < -0.39 is 0 Å². The van der Waals surface area contributed by atoms with Gasteiger partial charge in [-0.05, 0) is 31.6 Å². The minimum Gasteiger partial charge on any atom is -0.396 e. The van der Waals surface area contributed by atoms with Gasteiger partial charge in [-0.2, -0.15) is 0 Å². The lowest BCUT2D eigenvalue weighted by Gasteiger charge is -2.32. The van der Waals surface area contributed by atoms with Crippen molar-refractivity contribution in [1.29, 1.82) is 0 Å². The van der Waals surface area contributed by atoms with Gasteiger partial charge in [0.2, 0.25) is 0 Å². The van der Waals surface area contributed by atoms with Crippen LogP contribution in [-0.2, 0) is 6.54 Å². The first kappa shape index (κ1) is 18.7. The Morgan fingerprint density at radius 1 is 1.33 bits per heavy atom. The summed E-state index contributed by atoms with van der Waals surface area (Å²) in [6, 6.07) is 0. The van der Waals surface area contributed by atoms with Gasteiger partial charge in [0.1, 0.15) is 0 Å². The normalized spacial score (nSPS) is 12.8. The Hall–Kier alpha value is -1.60. The average Bonchev–Trinajstić information content (AvgIpc) is 3.17. The van der Waals surface area contributed by atoms with E-state index in [-0.39, 0.29) is 12.0 Å². The van der Waals surface area contributed by atoms with Crippen LogP contribution in [0.1, 0.15) is 45.7 Å². The number of guanidine groups is 1. The topological polar surface area (TPSA) is 74.0 Å². The number of aliphatic imine (C=N–C) groups is 1. The van der Waals surface area contributed by atoms with Crippen molar-refractivity contribution in [2.75, 3.05) is 19.7 Å². The number of hydrogen-bond acceptors (Lipinski definition) is 4. The molecule has 0 aliphatic rings. The molecule has 2 aromatic rings. The fourth-order valence-electron chi connectivity index (χ4n) is 2.80. The maximum atomic E-state index is 9.35. The van der Waals surface area contributed by atoms with Crippen molar-refractivity contribution in [2.24, 2.45) is 10.4 Å². The van der Waals surface area contributed by atoms with E-state index >= 15 is 0 Å². The number of thiazole rings is 1. The van der Waals surface area contributed by atoms with Gasteiger partial charge in [0, 0.05) is 37.5 Å². The Balaban J connectivity index is 2.00. The predicted octanol–water partition coefficient (Wildman–Crippen LogP) is 2.64. The second-order valence-corrected chi connectivity index (χ2v) is 6.93. The van der Waals surface area contributed by atoms with Gasteiger partial charge in [0.25, 0.3) is 0 Å². The SMILES string of the molecule is CCNC(=NCc1cn2ccsc2n1)NCC(CC)(CC)CCO. The molecular formula is C17H29N5OS. The Bertz CT molecular complexity index is 616. The first-order chi connectivity index (χ1) is 11.7. The lowest BCUT2D eigenvalue weighted by molar-refractivity contribution is 0.169. The quantitative estimate of drug-likeness (QED) is 0.480. The molecule has 0 aromatic carbocycles. The second kappa shape index (κ2) is 9.03. The molecule has 2 aromatic heterocycles. The van der Waals surface area contributed by atoms with E-state index in [1.54, 1.807) is 11.3 Å². The van der Waals surface area contributed by atoms with Gasteiger partial charge in [0.15, 0.2) is 10.9 Å². The van der Waals surface area contributed by atoms with Crippen molar-refractivity contribution in [2.45, 2.75) is 46.6 Å². The highest BCUT2D eigenvalue weighted by Gasteiger charge is 2.25. The highest BCUT2D eigenvalue weighted by atomic mass is 32.1. The third-order valence-electron chi connectivity index (χ3n) is 4.66. The third kappa shape index (κ3) is 4.70. The molecule has 6 nitrogen and oxygen atoms in total. The van der Waals surface area contributed by atoms with E-state index in [1.807, 2.05) is 22.2 Å². The summed E-state index contributed by atoms with van der Waals surface area (Å²) >= 11 is 1.63. The van der Waals surface area contributed by atoms with Crippen LogP contribution in [-0.4, -0.2) is 40.1 Å². The number of imidazole rings is 1. The van der Waals surface area contributed by atoms with E-state index in [9.17, 15) is 5.11 Å². The van der Waals surface area contributed by atoms with Crippen LogP contribution >= 0.6 is 11.3 Å². The van der Waals surface area contributed by atoms with Gasteiger partial charge in [-0.3, -0.25) is 4.40 Å². The second-order valence-electron chi connectivity index (χ2n) is 6.05. The lowest BCUT2D eigenvalue weighted by atomic mass is 9.79. The van der Waals surface area contributed by atoms with E-state index in [1.165, 1.54) is 0 Å². The molecular weight excluding hydrogens is 322 g/mol. The molecule has 0 bridgehead atoms. The Morgan fingerprint density at radius 2 is 2.12 bits per heavy atom. The predicted molar refractivity (Wildman–Crippen MR) is 101 cm³/mol. The molecule has 24 heavy (non-hydrogen) atoms. The summed E-state index contributed by atoms with van der Waals surface area (Å²) in [6.45, 7) is 8.83. The van der Waals surface area contributed by atoms with Crippen LogP contribution in [0, 0.1) is 5.41 Å². The van der Waals surface area contributed by atoms with Crippen LogP contribution in [0.15, 0.2) is 22.8 Å². The molecule has 0 amide bonds. The molecule has 0 saturated carbocycles. The molecule has 3 N–H and O–H groups in total. The van der Waals surface area contributed by atoms with Gasteiger partial charge in [-0.1, -0.05) is 13.8 Å². The molecule has 0 spiro atoms. The van der Waals surface area contributed by atoms with Crippen molar-refractivity contribution in [3.8, 4) is 0 Å². The standard InChI is InChI=1S/C17H29N5OS/c1-4-17(5-2,7-9-23)13-20-15(18-6-3)19-11-14-12-22-8-10-24-16(22)21-14/h8,10,12,23H,4-7,9,11,13H2,1-3H3,(H2,18,19,20). The number of rotatable bonds is 9. The van der Waals surface area contributed by atoms with Crippen LogP contribution in [0.4, 0.5) is 0 Å². The summed E-state index contributed by atoms with van der Waals surface area (Å²) in [4.78, 5) is 10.2. The number of hydrogen-bond donors (Lipinski definition) is 3. The fraction of sp³-hybridized carbons (Fsp3) is 0.647. The van der Waals surface area contributed by atoms with Gasteiger partial charge in [-0.25, -0.2) is 9.98 Å². The van der Waals surface area contributed by atoms with E-state index in [0.717, 1.165) is 49.0 Å². The van der Waals surface area contributed by atoms with Crippen LogP contribution in [0.25, 0.3) is 4.96 Å². The third-order valence-corrected chi connectivity index (χ3v) is 5.43. The fourth-order valence-corrected chi connectivity index (χ4v) is 3.52. The smallest absolute Gasteiger partial charge is 0.193 e. The van der Waals surface area contributed by atoms with Crippen LogP contribution in [0.3, 0.4) is 0 Å². The van der Waals surface area contributed by atoms with Crippen LogP contribution in [0.2, 0.25) is 0 Å². The minimum absolute atomic E-state index is 0.113. The molecule has 7 heteroatoms. The van der Waals surface area contributed by atoms with Crippen molar-refractivity contribution in [3.05, 3.63) is 23.5 Å². The first-order valence-corrected chi connectivity index (χ1v) is 9.58. The molecule has 0 atom stereocenters. The lowest BCUT2D eigenvalue weighted by Crippen LogP contribution is -2.43. The number of aliphatic hydroxyl groups excluding tert-OH is 1. The number of aliphatic hydroxyl groups is 1. The number of nitrogens with zero attached hydrogens (tertiary/aromatic N) is 3. The average molecular weight is 352 g/mol. The number of aromatic nitrogens is 2. The minimum atomic E-state index is 0.113. The number of nitrogens with one attached hydrogen (secondary N) is 2. The van der Waals surface area contributed by atoms with Gasteiger partial charge in [0.05, 0.1) is 12.2 Å². The van der Waals surface area contributed by atoms with Crippen LogP contribution < -0.4 is 10.6 Å². The summed E-state index contributed by atoms with van der Waals surface area (Å²) < 4.78 is 2.02. The van der Waals surface area contributed by atoms with Gasteiger partial charge >= 0.3 is 0 Å². The number of fused-ring (bicyclic) bond motifs is 1. The molecule has 134 valence electrons. The maximum Gasteiger partial charge on any atom is 0.193 e. The van der Waals surface area contributed by atoms with Crippen molar-refractivity contribution in [1.82, 2.24) is 20.0 Å². The summed E-state index contributed by atoms with van der Waals surface area (Å²) in [7, 11) is 0. The summed E-state index contributed by atoms with van der Waals surface area (Å²) in [5.41, 5.74) is 1.08. The van der Waals surface area contributed by atoms with Crippen molar-refractivity contribution < 1.29 is 5.11 Å². The molecule has 0 aliphatic heterocycles. The van der Waals surface area contributed by atoms with Gasteiger partial charge < -0.3 is 15.7 Å². The molecule has 0 fully saturated rings. The molecule has 0 radical (unpaired) electrons. The maximum absolute atomic E-state index is 9.35. The van der Waals surface area contributed by atoms with Crippen LogP contribution in [0.5, 0.6) is 0 Å². The first-order valence-electron chi connectivity index (χ1n) is 8.70. The van der Waals surface area contributed by atoms with E-state index in [0.29, 0.717) is 6.54 Å². The summed E-state index contributed by atoms with van der Waals surface area (Å²) in [5, 5.41) is 18.1. The largest absolute Gasteiger partial charge is 0.396 e. The zero-order chi connectivity index (χ0) is 17.4. The Kier molecular flexibility index (Phi) is 7.05. The molecule has 0 aliphatic carbocycles. The highest BCUT2D eigenvalue weighted by molar-refractivity contribution is 7.15. The molecule has 0 unspecified atom stereocenters. The molecule has 0 saturated heterocycles. The zero-order valence-electron chi connectivity index (χ0n) is 14.9. The summed E-state index contributed by atoms with van der Waals surface area (Å²) in [6.07, 6.45) is 6.91. The van der Waals surface area contributed by atoms with E-state index in [4.69, 9.17) is 0 Å². The Morgan fingerprint density at radius 3 is 2.75 bits per heavy atom. The van der Waals surface area contributed by atoms with Crippen molar-refractivity contribution >= 4 is 22.3 Å². The van der Waals surface area contributed by atoms with Gasteiger partial charge in [-0.15, -0.1) is 11.3 Å². The zero-order valence-corrected chi connectivity index (χ0v) is 15.7. The summed E-state index contributed by atoms with van der Waals surface area (Å²) in [5.74, 6) is 0.804. The van der Waals surface area contributed by atoms with E-state index in [2.05, 4.69) is 41.4 Å². The monoisotopic (exact) mass is 351 g/mol. The molecule has 2 rings (SSSR count). The Labute approximate surface area is 148 Å². The molecule has 2 heterocycles.